The van der Waals surface area contributed by atoms with E-state index in [0.29, 0.717) is 6.04 Å². The summed E-state index contributed by atoms with van der Waals surface area (Å²) in [6.45, 7) is 2.11. The van der Waals surface area contributed by atoms with E-state index in [1.807, 2.05) is 0 Å². The Kier molecular flexibility index (Phi) is 3.28. The predicted octanol–water partition coefficient (Wildman–Crippen LogP) is 4.25. The number of rotatable bonds is 3. The van der Waals surface area contributed by atoms with Crippen molar-refractivity contribution in [1.29, 1.82) is 0 Å². The van der Waals surface area contributed by atoms with E-state index in [1.54, 1.807) is 0 Å². The molecule has 0 spiro atoms. The molecule has 3 rings (SSSR count). The summed E-state index contributed by atoms with van der Waals surface area (Å²) < 4.78 is 3.38. The van der Waals surface area contributed by atoms with Crippen molar-refractivity contribution in [3.8, 4) is 11.4 Å². The summed E-state index contributed by atoms with van der Waals surface area (Å²) in [6, 6.07) is 6.88. The highest BCUT2D eigenvalue weighted by Gasteiger charge is 2.29. The minimum Gasteiger partial charge on any atom is -0.307 e. The average molecular weight is 371 g/mol. The topological polar surface area (TPSA) is 30.7 Å². The SMILES string of the molecule is Cc1cc(Br)ccc1-c1nnc(CBr)n1C1CC1. The third-order valence-corrected chi connectivity index (χ3v) is 4.22. The van der Waals surface area contributed by atoms with Crippen LogP contribution in [-0.2, 0) is 5.33 Å². The maximum absolute atomic E-state index is 4.38. The smallest absolute Gasteiger partial charge is 0.164 e. The molecule has 0 amide bonds. The summed E-state index contributed by atoms with van der Waals surface area (Å²) >= 11 is 6.99. The number of alkyl halides is 1. The van der Waals surface area contributed by atoms with Gasteiger partial charge in [-0.2, -0.15) is 0 Å². The molecular formula is C13H13Br2N3. The molecule has 0 N–H and O–H groups in total. The second-order valence-corrected chi connectivity index (χ2v) is 6.11. The van der Waals surface area contributed by atoms with E-state index < -0.39 is 0 Å². The molecule has 1 aromatic heterocycles. The molecule has 2 aromatic rings. The minimum atomic E-state index is 0.589. The lowest BCUT2D eigenvalue weighted by Gasteiger charge is -2.10. The summed E-state index contributed by atoms with van der Waals surface area (Å²) in [6.07, 6.45) is 2.47. The lowest BCUT2D eigenvalue weighted by Crippen LogP contribution is -2.02. The van der Waals surface area contributed by atoms with Crippen LogP contribution in [0.2, 0.25) is 0 Å². The number of aryl methyl sites for hydroxylation is 1. The summed E-state index contributed by atoms with van der Waals surface area (Å²) in [7, 11) is 0. The molecule has 94 valence electrons. The van der Waals surface area contributed by atoms with Gasteiger partial charge in [-0.05, 0) is 43.5 Å². The van der Waals surface area contributed by atoms with Crippen LogP contribution in [0.3, 0.4) is 0 Å². The van der Waals surface area contributed by atoms with Crippen LogP contribution in [0.1, 0.15) is 30.3 Å². The van der Waals surface area contributed by atoms with Crippen LogP contribution in [0.25, 0.3) is 11.4 Å². The molecule has 0 atom stereocenters. The molecule has 0 bridgehead atoms. The van der Waals surface area contributed by atoms with Gasteiger partial charge in [0.2, 0.25) is 0 Å². The zero-order valence-electron chi connectivity index (χ0n) is 10.0. The molecule has 0 aliphatic heterocycles. The Morgan fingerprint density at radius 2 is 2.11 bits per heavy atom. The van der Waals surface area contributed by atoms with Crippen molar-refractivity contribution in [2.24, 2.45) is 0 Å². The predicted molar refractivity (Wildman–Crippen MR) is 78.8 cm³/mol. The van der Waals surface area contributed by atoms with Gasteiger partial charge >= 0.3 is 0 Å². The van der Waals surface area contributed by atoms with Crippen molar-refractivity contribution in [1.82, 2.24) is 14.8 Å². The number of halogens is 2. The first kappa shape index (κ1) is 12.4. The van der Waals surface area contributed by atoms with E-state index in [2.05, 4.69) is 71.7 Å². The summed E-state index contributed by atoms with van der Waals surface area (Å²) in [5, 5.41) is 9.42. The first-order chi connectivity index (χ1) is 8.70. The van der Waals surface area contributed by atoms with Gasteiger partial charge in [-0.15, -0.1) is 10.2 Å². The van der Waals surface area contributed by atoms with Gasteiger partial charge in [0.15, 0.2) is 5.82 Å². The van der Waals surface area contributed by atoms with Crippen LogP contribution < -0.4 is 0 Å². The van der Waals surface area contributed by atoms with Gasteiger partial charge in [-0.3, -0.25) is 0 Å². The summed E-state index contributed by atoms with van der Waals surface area (Å²) in [4.78, 5) is 0. The Labute approximate surface area is 123 Å². The second-order valence-electron chi connectivity index (χ2n) is 4.63. The van der Waals surface area contributed by atoms with Crippen LogP contribution >= 0.6 is 31.9 Å². The minimum absolute atomic E-state index is 0.589. The van der Waals surface area contributed by atoms with E-state index in [-0.39, 0.29) is 0 Å². The molecule has 1 fully saturated rings. The highest BCUT2D eigenvalue weighted by Crippen LogP contribution is 2.40. The lowest BCUT2D eigenvalue weighted by atomic mass is 10.1. The zero-order valence-corrected chi connectivity index (χ0v) is 13.2. The Morgan fingerprint density at radius 3 is 2.72 bits per heavy atom. The fourth-order valence-electron chi connectivity index (χ4n) is 2.19. The maximum Gasteiger partial charge on any atom is 0.164 e. The van der Waals surface area contributed by atoms with Crippen molar-refractivity contribution >= 4 is 31.9 Å². The van der Waals surface area contributed by atoms with Gasteiger partial charge in [0.1, 0.15) is 5.82 Å². The number of aromatic nitrogens is 3. The second kappa shape index (κ2) is 4.78. The molecule has 1 aliphatic rings. The number of nitrogens with zero attached hydrogens (tertiary/aromatic N) is 3. The highest BCUT2D eigenvalue weighted by molar-refractivity contribution is 9.10. The van der Waals surface area contributed by atoms with Crippen molar-refractivity contribution in [2.45, 2.75) is 31.1 Å². The van der Waals surface area contributed by atoms with Gasteiger partial charge in [0.25, 0.3) is 0 Å². The summed E-state index contributed by atoms with van der Waals surface area (Å²) in [5.41, 5.74) is 2.39. The molecule has 0 radical (unpaired) electrons. The standard InChI is InChI=1S/C13H13Br2N3/c1-8-6-9(15)2-5-11(8)13-17-16-12(7-14)18(13)10-3-4-10/h2,5-6,10H,3-4,7H2,1H3. The lowest BCUT2D eigenvalue weighted by molar-refractivity contribution is 0.714. The quantitative estimate of drug-likeness (QED) is 0.756. The van der Waals surface area contributed by atoms with Crippen molar-refractivity contribution in [3.05, 3.63) is 34.1 Å². The van der Waals surface area contributed by atoms with Crippen LogP contribution in [0.4, 0.5) is 0 Å². The number of hydrogen-bond acceptors (Lipinski definition) is 2. The molecule has 1 aliphatic carbocycles. The van der Waals surface area contributed by atoms with E-state index in [0.717, 1.165) is 21.5 Å². The summed E-state index contributed by atoms with van der Waals surface area (Å²) in [5.74, 6) is 2.02. The fraction of sp³-hybridized carbons (Fsp3) is 0.385. The third kappa shape index (κ3) is 2.14. The van der Waals surface area contributed by atoms with Gasteiger partial charge in [0.05, 0.1) is 5.33 Å². The Balaban J connectivity index is 2.13. The molecule has 3 nitrogen and oxygen atoms in total. The van der Waals surface area contributed by atoms with Gasteiger partial charge in [-0.1, -0.05) is 31.9 Å². The number of hydrogen-bond donors (Lipinski definition) is 0. The Hall–Kier alpha value is -0.680. The Morgan fingerprint density at radius 1 is 1.33 bits per heavy atom. The van der Waals surface area contributed by atoms with Gasteiger partial charge in [-0.25, -0.2) is 0 Å². The van der Waals surface area contributed by atoms with Crippen LogP contribution in [0.15, 0.2) is 22.7 Å². The molecular weight excluding hydrogens is 358 g/mol. The first-order valence-corrected chi connectivity index (χ1v) is 7.88. The number of benzene rings is 1. The monoisotopic (exact) mass is 369 g/mol. The van der Waals surface area contributed by atoms with E-state index in [9.17, 15) is 0 Å². The Bertz CT molecular complexity index is 588. The van der Waals surface area contributed by atoms with E-state index >= 15 is 0 Å². The average Bonchev–Trinajstić information content (AvgIpc) is 3.09. The van der Waals surface area contributed by atoms with E-state index in [4.69, 9.17) is 0 Å². The molecule has 1 heterocycles. The maximum atomic E-state index is 4.38. The molecule has 0 saturated heterocycles. The van der Waals surface area contributed by atoms with Gasteiger partial charge in [0, 0.05) is 16.1 Å². The van der Waals surface area contributed by atoms with Gasteiger partial charge < -0.3 is 4.57 Å². The first-order valence-electron chi connectivity index (χ1n) is 5.97. The largest absolute Gasteiger partial charge is 0.307 e. The molecule has 18 heavy (non-hydrogen) atoms. The van der Waals surface area contributed by atoms with Crippen LogP contribution in [-0.4, -0.2) is 14.8 Å². The normalized spacial score (nSPS) is 15.1. The van der Waals surface area contributed by atoms with Crippen molar-refractivity contribution in [3.63, 3.8) is 0 Å². The third-order valence-electron chi connectivity index (χ3n) is 3.23. The van der Waals surface area contributed by atoms with Crippen molar-refractivity contribution < 1.29 is 0 Å². The van der Waals surface area contributed by atoms with Crippen LogP contribution in [0.5, 0.6) is 0 Å². The van der Waals surface area contributed by atoms with Crippen LogP contribution in [0, 0.1) is 6.92 Å². The molecule has 1 aromatic carbocycles. The van der Waals surface area contributed by atoms with E-state index in [1.165, 1.54) is 24.0 Å². The highest BCUT2D eigenvalue weighted by atomic mass is 79.9. The molecule has 5 heteroatoms. The zero-order chi connectivity index (χ0) is 12.7. The van der Waals surface area contributed by atoms with Crippen molar-refractivity contribution in [2.75, 3.05) is 0 Å². The molecule has 1 saturated carbocycles. The fourth-order valence-corrected chi connectivity index (χ4v) is 3.05. The molecule has 0 unspecified atom stereocenters.